The first kappa shape index (κ1) is 9.19. The molecule has 1 aromatic heterocycles. The third-order valence-electron chi connectivity index (χ3n) is 2.56. The highest BCUT2D eigenvalue weighted by atomic mass is 32.1. The molecule has 0 unspecified atom stereocenters. The standard InChI is InChI=1S/C10H16N2S/c11-9-3-5-12(8-9)6-4-10-2-1-7-13-10/h1-2,7,9H,3-6,8,11H2/t9-/m1/s1. The van der Waals surface area contributed by atoms with Gasteiger partial charge in [-0.15, -0.1) is 11.3 Å². The van der Waals surface area contributed by atoms with Crippen LogP contribution < -0.4 is 5.73 Å². The van der Waals surface area contributed by atoms with Gasteiger partial charge in [0.05, 0.1) is 0 Å². The molecule has 72 valence electrons. The van der Waals surface area contributed by atoms with Crippen LogP contribution in [0.1, 0.15) is 11.3 Å². The van der Waals surface area contributed by atoms with E-state index in [0.29, 0.717) is 6.04 Å². The fraction of sp³-hybridized carbons (Fsp3) is 0.600. The van der Waals surface area contributed by atoms with Crippen LogP contribution in [0.15, 0.2) is 17.5 Å². The predicted octanol–water partition coefficient (Wildman–Crippen LogP) is 1.32. The maximum absolute atomic E-state index is 5.84. The van der Waals surface area contributed by atoms with E-state index in [1.165, 1.54) is 30.8 Å². The average molecular weight is 196 g/mol. The third kappa shape index (κ3) is 2.53. The van der Waals surface area contributed by atoms with Crippen molar-refractivity contribution in [3.8, 4) is 0 Å². The van der Waals surface area contributed by atoms with Crippen molar-refractivity contribution >= 4 is 11.3 Å². The lowest BCUT2D eigenvalue weighted by molar-refractivity contribution is 0.340. The molecule has 1 atom stereocenters. The zero-order valence-electron chi connectivity index (χ0n) is 7.78. The number of nitrogens with two attached hydrogens (primary N) is 1. The van der Waals surface area contributed by atoms with Crippen LogP contribution in [0.4, 0.5) is 0 Å². The van der Waals surface area contributed by atoms with Crippen molar-refractivity contribution in [1.29, 1.82) is 0 Å². The molecule has 2 rings (SSSR count). The summed E-state index contributed by atoms with van der Waals surface area (Å²) in [5.41, 5.74) is 5.84. The van der Waals surface area contributed by atoms with E-state index in [1.54, 1.807) is 0 Å². The van der Waals surface area contributed by atoms with E-state index in [4.69, 9.17) is 5.73 Å². The van der Waals surface area contributed by atoms with Gasteiger partial charge in [-0.25, -0.2) is 0 Å². The number of hydrogen-bond donors (Lipinski definition) is 1. The fourth-order valence-electron chi connectivity index (χ4n) is 1.79. The van der Waals surface area contributed by atoms with Crippen LogP contribution >= 0.6 is 11.3 Å². The van der Waals surface area contributed by atoms with E-state index in [0.717, 1.165) is 6.54 Å². The number of rotatable bonds is 3. The highest BCUT2D eigenvalue weighted by Crippen LogP contribution is 2.12. The quantitative estimate of drug-likeness (QED) is 0.790. The van der Waals surface area contributed by atoms with E-state index >= 15 is 0 Å². The summed E-state index contributed by atoms with van der Waals surface area (Å²) in [6, 6.07) is 4.75. The zero-order chi connectivity index (χ0) is 9.10. The van der Waals surface area contributed by atoms with E-state index in [-0.39, 0.29) is 0 Å². The molecule has 0 bridgehead atoms. The van der Waals surface area contributed by atoms with Crippen LogP contribution in [-0.2, 0) is 6.42 Å². The molecule has 3 heteroatoms. The molecular weight excluding hydrogens is 180 g/mol. The van der Waals surface area contributed by atoms with Crippen LogP contribution in [0.5, 0.6) is 0 Å². The monoisotopic (exact) mass is 196 g/mol. The summed E-state index contributed by atoms with van der Waals surface area (Å²) in [6.07, 6.45) is 2.36. The maximum Gasteiger partial charge on any atom is 0.0180 e. The van der Waals surface area contributed by atoms with Crippen LogP contribution in [0.3, 0.4) is 0 Å². The lowest BCUT2D eigenvalue weighted by Gasteiger charge is -2.13. The van der Waals surface area contributed by atoms with E-state index in [2.05, 4.69) is 22.4 Å². The van der Waals surface area contributed by atoms with Crippen molar-refractivity contribution in [2.24, 2.45) is 5.73 Å². The Bertz CT molecular complexity index is 245. The second kappa shape index (κ2) is 4.22. The lowest BCUT2D eigenvalue weighted by Crippen LogP contribution is -2.28. The van der Waals surface area contributed by atoms with Crippen molar-refractivity contribution in [1.82, 2.24) is 4.90 Å². The molecule has 1 saturated heterocycles. The molecular formula is C10H16N2S. The molecule has 0 amide bonds. The van der Waals surface area contributed by atoms with Gasteiger partial charge in [-0.2, -0.15) is 0 Å². The Balaban J connectivity index is 1.74. The number of hydrogen-bond acceptors (Lipinski definition) is 3. The van der Waals surface area contributed by atoms with Gasteiger partial charge in [0, 0.05) is 24.0 Å². The normalized spacial score (nSPS) is 23.9. The summed E-state index contributed by atoms with van der Waals surface area (Å²) in [6.45, 7) is 3.45. The predicted molar refractivity (Wildman–Crippen MR) is 57.1 cm³/mol. The van der Waals surface area contributed by atoms with Gasteiger partial charge in [0.2, 0.25) is 0 Å². The minimum absolute atomic E-state index is 0.420. The molecule has 0 aliphatic carbocycles. The second-order valence-electron chi connectivity index (χ2n) is 3.68. The Morgan fingerprint density at radius 3 is 3.15 bits per heavy atom. The summed E-state index contributed by atoms with van der Waals surface area (Å²) in [7, 11) is 0. The molecule has 0 spiro atoms. The van der Waals surface area contributed by atoms with E-state index < -0.39 is 0 Å². The van der Waals surface area contributed by atoms with Gasteiger partial charge >= 0.3 is 0 Å². The smallest absolute Gasteiger partial charge is 0.0180 e. The van der Waals surface area contributed by atoms with Crippen molar-refractivity contribution in [3.63, 3.8) is 0 Å². The van der Waals surface area contributed by atoms with Gasteiger partial charge < -0.3 is 10.6 Å². The Hall–Kier alpha value is -0.380. The molecule has 0 saturated carbocycles. The highest BCUT2D eigenvalue weighted by Gasteiger charge is 2.18. The molecule has 1 fully saturated rings. The topological polar surface area (TPSA) is 29.3 Å². The molecule has 0 radical (unpaired) electrons. The first-order valence-corrected chi connectivity index (χ1v) is 5.73. The van der Waals surface area contributed by atoms with Gasteiger partial charge in [0.25, 0.3) is 0 Å². The highest BCUT2D eigenvalue weighted by molar-refractivity contribution is 7.09. The Morgan fingerprint density at radius 2 is 2.54 bits per heavy atom. The van der Waals surface area contributed by atoms with Gasteiger partial charge in [0.15, 0.2) is 0 Å². The molecule has 2 nitrogen and oxygen atoms in total. The van der Waals surface area contributed by atoms with Crippen LogP contribution in [0.25, 0.3) is 0 Å². The van der Waals surface area contributed by atoms with Gasteiger partial charge in [-0.3, -0.25) is 0 Å². The van der Waals surface area contributed by atoms with E-state index in [1.807, 2.05) is 11.3 Å². The largest absolute Gasteiger partial charge is 0.326 e. The van der Waals surface area contributed by atoms with Crippen LogP contribution in [0.2, 0.25) is 0 Å². The lowest BCUT2D eigenvalue weighted by atomic mass is 10.3. The Kier molecular flexibility index (Phi) is 2.98. The minimum Gasteiger partial charge on any atom is -0.326 e. The molecule has 0 aromatic carbocycles. The van der Waals surface area contributed by atoms with Crippen molar-refractivity contribution in [2.45, 2.75) is 18.9 Å². The van der Waals surface area contributed by atoms with Gasteiger partial charge in [-0.1, -0.05) is 6.07 Å². The number of likely N-dealkylation sites (tertiary alicyclic amines) is 1. The van der Waals surface area contributed by atoms with Gasteiger partial charge in [-0.05, 0) is 30.8 Å². The maximum atomic E-state index is 5.84. The summed E-state index contributed by atoms with van der Waals surface area (Å²) >= 11 is 1.85. The summed E-state index contributed by atoms with van der Waals surface area (Å²) < 4.78 is 0. The third-order valence-corrected chi connectivity index (χ3v) is 3.50. The molecule has 2 heterocycles. The molecule has 1 aliphatic rings. The Morgan fingerprint density at radius 1 is 1.62 bits per heavy atom. The van der Waals surface area contributed by atoms with Gasteiger partial charge in [0.1, 0.15) is 0 Å². The number of thiophene rings is 1. The minimum atomic E-state index is 0.420. The van der Waals surface area contributed by atoms with Crippen molar-refractivity contribution in [2.75, 3.05) is 19.6 Å². The fourth-order valence-corrected chi connectivity index (χ4v) is 2.49. The van der Waals surface area contributed by atoms with Crippen LogP contribution in [0, 0.1) is 0 Å². The van der Waals surface area contributed by atoms with Crippen molar-refractivity contribution < 1.29 is 0 Å². The molecule has 2 N–H and O–H groups in total. The molecule has 1 aliphatic heterocycles. The summed E-state index contributed by atoms with van der Waals surface area (Å²) in [5.74, 6) is 0. The second-order valence-corrected chi connectivity index (χ2v) is 4.71. The summed E-state index contributed by atoms with van der Waals surface area (Å²) in [4.78, 5) is 3.95. The first-order chi connectivity index (χ1) is 6.34. The average Bonchev–Trinajstić information content (AvgIpc) is 2.71. The first-order valence-electron chi connectivity index (χ1n) is 4.85. The SMILES string of the molecule is N[C@@H]1CCN(CCc2cccs2)C1. The molecule has 13 heavy (non-hydrogen) atoms. The van der Waals surface area contributed by atoms with Crippen LogP contribution in [-0.4, -0.2) is 30.6 Å². The van der Waals surface area contributed by atoms with E-state index in [9.17, 15) is 0 Å². The Labute approximate surface area is 83.4 Å². The molecule has 1 aromatic rings. The van der Waals surface area contributed by atoms with Crippen molar-refractivity contribution in [3.05, 3.63) is 22.4 Å². The summed E-state index contributed by atoms with van der Waals surface area (Å²) in [5, 5.41) is 2.14. The number of nitrogens with zero attached hydrogens (tertiary/aromatic N) is 1. The zero-order valence-corrected chi connectivity index (χ0v) is 8.59.